The van der Waals surface area contributed by atoms with Crippen LogP contribution in [0.1, 0.15) is 5.56 Å². The fraction of sp³-hybridized carbons (Fsp3) is 0.154. The van der Waals surface area contributed by atoms with E-state index < -0.39 is 12.1 Å². The molecule has 3 rings (SSSR count). The van der Waals surface area contributed by atoms with Crippen LogP contribution >= 0.6 is 0 Å². The van der Waals surface area contributed by atoms with Crippen molar-refractivity contribution in [1.29, 1.82) is 0 Å². The molecule has 0 saturated heterocycles. The van der Waals surface area contributed by atoms with E-state index in [1.54, 1.807) is 6.92 Å². The summed E-state index contributed by atoms with van der Waals surface area (Å²) in [5.74, 6) is -1.03. The number of rotatable bonds is 2. The Bertz CT molecular complexity index is 676. The van der Waals surface area contributed by atoms with Gasteiger partial charge in [-0.3, -0.25) is 0 Å². The van der Waals surface area contributed by atoms with E-state index in [9.17, 15) is 13.2 Å². The molecule has 104 valence electrons. The van der Waals surface area contributed by atoms with Crippen LogP contribution in [0.2, 0.25) is 0 Å². The van der Waals surface area contributed by atoms with Crippen molar-refractivity contribution in [1.82, 2.24) is 4.98 Å². The van der Waals surface area contributed by atoms with E-state index in [4.69, 9.17) is 4.74 Å². The number of nitrogens with zero attached hydrogens (tertiary/aromatic N) is 1. The summed E-state index contributed by atoms with van der Waals surface area (Å²) in [4.78, 5) is 3.74. The van der Waals surface area contributed by atoms with Crippen LogP contribution in [0.4, 0.5) is 13.2 Å². The highest BCUT2D eigenvalue weighted by molar-refractivity contribution is 5.48. The van der Waals surface area contributed by atoms with E-state index in [1.165, 1.54) is 30.5 Å². The van der Waals surface area contributed by atoms with Crippen LogP contribution < -0.4 is 14.2 Å². The predicted molar refractivity (Wildman–Crippen MR) is 61.7 cm³/mol. The van der Waals surface area contributed by atoms with Crippen LogP contribution in [-0.4, -0.2) is 11.3 Å². The zero-order valence-corrected chi connectivity index (χ0v) is 10.2. The molecule has 1 aliphatic rings. The number of aromatic nitrogens is 1. The summed E-state index contributed by atoms with van der Waals surface area (Å²) in [5, 5.41) is 0. The molecule has 0 fully saturated rings. The zero-order chi connectivity index (χ0) is 14.3. The molecule has 0 spiro atoms. The van der Waals surface area contributed by atoms with Crippen molar-refractivity contribution >= 4 is 0 Å². The van der Waals surface area contributed by atoms with Crippen molar-refractivity contribution in [2.45, 2.75) is 13.2 Å². The third-order valence-electron chi connectivity index (χ3n) is 2.64. The van der Waals surface area contributed by atoms with E-state index in [-0.39, 0.29) is 23.1 Å². The number of fused-ring (bicyclic) bond motifs is 1. The normalized spacial score (nSPS) is 15.2. The monoisotopic (exact) mass is 283 g/mol. The lowest BCUT2D eigenvalue weighted by molar-refractivity contribution is -0.286. The Morgan fingerprint density at radius 2 is 1.90 bits per heavy atom. The van der Waals surface area contributed by atoms with Gasteiger partial charge in [0, 0.05) is 12.3 Å². The Morgan fingerprint density at radius 1 is 1.15 bits per heavy atom. The summed E-state index contributed by atoms with van der Waals surface area (Å²) in [6.45, 7) is 1.56. The lowest BCUT2D eigenvalue weighted by atomic mass is 10.3. The minimum Gasteiger partial charge on any atom is -0.436 e. The topological polar surface area (TPSA) is 40.6 Å². The van der Waals surface area contributed by atoms with Crippen LogP contribution in [0.5, 0.6) is 23.1 Å². The SMILES string of the molecule is Cc1ccnc(Oc2ccc3c(c2)OC(F)(F)O3)c1F. The fourth-order valence-corrected chi connectivity index (χ4v) is 1.69. The number of hydrogen-bond donors (Lipinski definition) is 0. The van der Waals surface area contributed by atoms with Crippen molar-refractivity contribution in [3.05, 3.63) is 41.8 Å². The van der Waals surface area contributed by atoms with Gasteiger partial charge < -0.3 is 14.2 Å². The van der Waals surface area contributed by atoms with Crippen LogP contribution in [0.15, 0.2) is 30.5 Å². The van der Waals surface area contributed by atoms with E-state index >= 15 is 0 Å². The molecule has 1 aliphatic heterocycles. The van der Waals surface area contributed by atoms with Gasteiger partial charge in [-0.05, 0) is 30.7 Å². The molecule has 0 N–H and O–H groups in total. The molecule has 0 atom stereocenters. The van der Waals surface area contributed by atoms with Crippen molar-refractivity contribution in [3.63, 3.8) is 0 Å². The van der Waals surface area contributed by atoms with Crippen LogP contribution in [-0.2, 0) is 0 Å². The minimum atomic E-state index is -3.70. The Labute approximate surface area is 111 Å². The first-order chi connectivity index (χ1) is 9.44. The summed E-state index contributed by atoms with van der Waals surface area (Å²) < 4.78 is 53.2. The van der Waals surface area contributed by atoms with Crippen LogP contribution in [0, 0.1) is 12.7 Å². The summed E-state index contributed by atoms with van der Waals surface area (Å²) >= 11 is 0. The lowest BCUT2D eigenvalue weighted by Gasteiger charge is -2.07. The molecule has 20 heavy (non-hydrogen) atoms. The van der Waals surface area contributed by atoms with Gasteiger partial charge in [0.05, 0.1) is 0 Å². The molecule has 0 bridgehead atoms. The zero-order valence-electron chi connectivity index (χ0n) is 10.2. The second kappa shape index (κ2) is 4.29. The van der Waals surface area contributed by atoms with E-state index in [1.807, 2.05) is 0 Å². The molecular formula is C13H8F3NO3. The Hall–Kier alpha value is -2.44. The van der Waals surface area contributed by atoms with Gasteiger partial charge in [0.2, 0.25) is 0 Å². The molecule has 1 aromatic heterocycles. The number of aryl methyl sites for hydroxylation is 1. The highest BCUT2D eigenvalue weighted by Crippen LogP contribution is 2.43. The van der Waals surface area contributed by atoms with Crippen LogP contribution in [0.3, 0.4) is 0 Å². The Morgan fingerprint density at radius 3 is 2.70 bits per heavy atom. The third kappa shape index (κ3) is 2.22. The molecule has 0 aliphatic carbocycles. The molecule has 0 radical (unpaired) electrons. The molecule has 0 saturated carbocycles. The van der Waals surface area contributed by atoms with Gasteiger partial charge in [-0.25, -0.2) is 9.37 Å². The van der Waals surface area contributed by atoms with E-state index in [0.29, 0.717) is 5.56 Å². The molecule has 0 amide bonds. The molecule has 1 aromatic carbocycles. The number of halogens is 3. The van der Waals surface area contributed by atoms with Gasteiger partial charge in [0.25, 0.3) is 5.88 Å². The second-order valence-electron chi connectivity index (χ2n) is 4.13. The van der Waals surface area contributed by atoms with E-state index in [2.05, 4.69) is 14.5 Å². The maximum absolute atomic E-state index is 13.7. The highest BCUT2D eigenvalue weighted by Gasteiger charge is 2.43. The summed E-state index contributed by atoms with van der Waals surface area (Å²) in [6, 6.07) is 5.27. The highest BCUT2D eigenvalue weighted by atomic mass is 19.3. The number of benzene rings is 1. The standard InChI is InChI=1S/C13H8F3NO3/c1-7-4-5-17-12(11(7)14)18-8-2-3-9-10(6-8)20-13(15,16)19-9/h2-6H,1H3. The molecule has 2 heterocycles. The maximum Gasteiger partial charge on any atom is 0.586 e. The second-order valence-corrected chi connectivity index (χ2v) is 4.13. The number of alkyl halides is 2. The average molecular weight is 283 g/mol. The first kappa shape index (κ1) is 12.6. The van der Waals surface area contributed by atoms with Crippen molar-refractivity contribution < 1.29 is 27.4 Å². The molecule has 4 nitrogen and oxygen atoms in total. The minimum absolute atomic E-state index is 0.111. The molecule has 2 aromatic rings. The molecule has 7 heteroatoms. The first-order valence-electron chi connectivity index (χ1n) is 5.63. The van der Waals surface area contributed by atoms with Gasteiger partial charge >= 0.3 is 6.29 Å². The third-order valence-corrected chi connectivity index (χ3v) is 2.64. The van der Waals surface area contributed by atoms with Crippen molar-refractivity contribution in [2.24, 2.45) is 0 Å². The maximum atomic E-state index is 13.7. The number of hydrogen-bond acceptors (Lipinski definition) is 4. The van der Waals surface area contributed by atoms with Gasteiger partial charge in [-0.1, -0.05) is 0 Å². The lowest BCUT2D eigenvalue weighted by Crippen LogP contribution is -2.25. The van der Waals surface area contributed by atoms with Gasteiger partial charge in [0.1, 0.15) is 5.75 Å². The average Bonchev–Trinajstić information content (AvgIpc) is 2.68. The van der Waals surface area contributed by atoms with Gasteiger partial charge in [-0.2, -0.15) is 0 Å². The van der Waals surface area contributed by atoms with Crippen molar-refractivity contribution in [3.8, 4) is 23.1 Å². The number of ether oxygens (including phenoxy) is 3. The largest absolute Gasteiger partial charge is 0.586 e. The smallest absolute Gasteiger partial charge is 0.436 e. The fourth-order valence-electron chi connectivity index (χ4n) is 1.69. The van der Waals surface area contributed by atoms with Gasteiger partial charge in [-0.15, -0.1) is 8.78 Å². The molecule has 0 unspecified atom stereocenters. The Kier molecular flexibility index (Phi) is 2.70. The van der Waals surface area contributed by atoms with E-state index in [0.717, 1.165) is 0 Å². The Balaban J connectivity index is 1.89. The predicted octanol–water partition coefficient (Wildman–Crippen LogP) is 3.64. The number of pyridine rings is 1. The summed E-state index contributed by atoms with van der Waals surface area (Å²) in [5.41, 5.74) is 0.363. The first-order valence-corrected chi connectivity index (χ1v) is 5.63. The van der Waals surface area contributed by atoms with Crippen LogP contribution in [0.25, 0.3) is 0 Å². The summed E-state index contributed by atoms with van der Waals surface area (Å²) in [6.07, 6.45) is -2.32. The quantitative estimate of drug-likeness (QED) is 0.843. The van der Waals surface area contributed by atoms with Gasteiger partial charge in [0.15, 0.2) is 17.3 Å². The summed E-state index contributed by atoms with van der Waals surface area (Å²) in [7, 11) is 0. The van der Waals surface area contributed by atoms with Crippen molar-refractivity contribution in [2.75, 3.05) is 0 Å². The molecular weight excluding hydrogens is 275 g/mol.